The summed E-state index contributed by atoms with van der Waals surface area (Å²) in [4.78, 5) is 13.1. The number of benzene rings is 3. The summed E-state index contributed by atoms with van der Waals surface area (Å²) >= 11 is 6.19. The molecule has 1 amide bonds. The number of nitrogens with one attached hydrogen (secondary N) is 2. The minimum Gasteiger partial charge on any atom is -0.454 e. The van der Waals surface area contributed by atoms with E-state index in [0.717, 1.165) is 28.2 Å². The third kappa shape index (κ3) is 4.53. The topological polar surface area (TPSA) is 59.6 Å². The van der Waals surface area contributed by atoms with Gasteiger partial charge in [0, 0.05) is 17.3 Å². The van der Waals surface area contributed by atoms with E-state index in [0.29, 0.717) is 17.3 Å². The van der Waals surface area contributed by atoms with Gasteiger partial charge in [-0.05, 0) is 47.9 Å². The zero-order chi connectivity index (χ0) is 20.2. The number of hydrogen-bond donors (Lipinski definition) is 2. The molecule has 29 heavy (non-hydrogen) atoms. The maximum Gasteiger partial charge on any atom is 0.246 e. The van der Waals surface area contributed by atoms with Gasteiger partial charge in [0.1, 0.15) is 6.04 Å². The van der Waals surface area contributed by atoms with Crippen LogP contribution in [0.15, 0.2) is 66.7 Å². The molecule has 1 aliphatic heterocycles. The lowest BCUT2D eigenvalue weighted by Gasteiger charge is -2.19. The first-order chi connectivity index (χ1) is 14.1. The highest BCUT2D eigenvalue weighted by Gasteiger charge is 2.21. The molecule has 148 valence electrons. The molecular weight excluding hydrogens is 388 g/mol. The van der Waals surface area contributed by atoms with Crippen molar-refractivity contribution in [1.82, 2.24) is 5.32 Å². The van der Waals surface area contributed by atoms with Crippen molar-refractivity contribution in [2.75, 3.05) is 12.1 Å². The van der Waals surface area contributed by atoms with Crippen molar-refractivity contribution in [3.8, 4) is 11.5 Å². The molecule has 0 saturated heterocycles. The highest BCUT2D eigenvalue weighted by atomic mass is 35.5. The van der Waals surface area contributed by atoms with Gasteiger partial charge in [-0.15, -0.1) is 0 Å². The Labute approximate surface area is 174 Å². The van der Waals surface area contributed by atoms with Gasteiger partial charge in [-0.2, -0.15) is 0 Å². The summed E-state index contributed by atoms with van der Waals surface area (Å²) in [6, 6.07) is 20.3. The predicted molar refractivity (Wildman–Crippen MR) is 113 cm³/mol. The SMILES string of the molecule is Cc1ccc(NC(=O)[C@@H](NCc2ccc3c(c2)OCO3)c2ccccc2)cc1Cl. The summed E-state index contributed by atoms with van der Waals surface area (Å²) in [6.45, 7) is 2.66. The first kappa shape index (κ1) is 19.3. The maximum absolute atomic E-state index is 13.1. The smallest absolute Gasteiger partial charge is 0.246 e. The quantitative estimate of drug-likeness (QED) is 0.612. The summed E-state index contributed by atoms with van der Waals surface area (Å²) in [7, 11) is 0. The van der Waals surface area contributed by atoms with E-state index in [4.69, 9.17) is 21.1 Å². The molecule has 3 aromatic carbocycles. The molecule has 1 aliphatic rings. The number of ether oxygens (including phenoxy) is 2. The Morgan fingerprint density at radius 1 is 1.03 bits per heavy atom. The number of carbonyl (C=O) groups excluding carboxylic acids is 1. The third-order valence-electron chi connectivity index (χ3n) is 4.78. The monoisotopic (exact) mass is 408 g/mol. The summed E-state index contributed by atoms with van der Waals surface area (Å²) in [5, 5.41) is 6.92. The van der Waals surface area contributed by atoms with Gasteiger partial charge in [-0.3, -0.25) is 10.1 Å². The second-order valence-corrected chi connectivity index (χ2v) is 7.27. The van der Waals surface area contributed by atoms with Crippen LogP contribution in [0.25, 0.3) is 0 Å². The molecule has 0 aliphatic carbocycles. The second kappa shape index (κ2) is 8.55. The largest absolute Gasteiger partial charge is 0.454 e. The molecule has 0 aromatic heterocycles. The van der Waals surface area contributed by atoms with Gasteiger partial charge in [0.25, 0.3) is 0 Å². The molecule has 0 fully saturated rings. The minimum atomic E-state index is -0.526. The maximum atomic E-state index is 13.1. The summed E-state index contributed by atoms with van der Waals surface area (Å²) in [6.07, 6.45) is 0. The number of amides is 1. The van der Waals surface area contributed by atoms with E-state index in [2.05, 4.69) is 10.6 Å². The summed E-state index contributed by atoms with van der Waals surface area (Å²) < 4.78 is 10.8. The fourth-order valence-corrected chi connectivity index (χ4v) is 3.34. The fraction of sp³-hybridized carbons (Fsp3) is 0.174. The van der Waals surface area contributed by atoms with Crippen LogP contribution in [0.4, 0.5) is 5.69 Å². The number of fused-ring (bicyclic) bond motifs is 1. The predicted octanol–water partition coefficient (Wildman–Crippen LogP) is 4.85. The second-order valence-electron chi connectivity index (χ2n) is 6.87. The standard InChI is InChI=1S/C23H21ClN2O3/c1-15-7-9-18(12-19(15)24)26-23(27)22(17-5-3-2-4-6-17)25-13-16-8-10-20-21(11-16)29-14-28-20/h2-12,22,25H,13-14H2,1H3,(H,26,27)/t22-/m0/s1. The Balaban J connectivity index is 1.51. The lowest BCUT2D eigenvalue weighted by molar-refractivity contribution is -0.118. The fourth-order valence-electron chi connectivity index (χ4n) is 3.16. The van der Waals surface area contributed by atoms with Gasteiger partial charge in [-0.1, -0.05) is 54.1 Å². The van der Waals surface area contributed by atoms with Crippen molar-refractivity contribution in [1.29, 1.82) is 0 Å². The minimum absolute atomic E-state index is 0.156. The van der Waals surface area contributed by atoms with Crippen molar-refractivity contribution in [3.63, 3.8) is 0 Å². The summed E-state index contributed by atoms with van der Waals surface area (Å²) in [5.74, 6) is 1.30. The van der Waals surface area contributed by atoms with Crippen LogP contribution in [0.3, 0.4) is 0 Å². The molecule has 6 heteroatoms. The molecule has 0 bridgehead atoms. The van der Waals surface area contributed by atoms with Crippen molar-refractivity contribution in [2.24, 2.45) is 0 Å². The number of aryl methyl sites for hydroxylation is 1. The van der Waals surface area contributed by atoms with Crippen LogP contribution in [0, 0.1) is 6.92 Å². The normalized spacial score (nSPS) is 13.2. The van der Waals surface area contributed by atoms with E-state index in [1.807, 2.05) is 67.6 Å². The molecule has 4 rings (SSSR count). The number of rotatable bonds is 6. The number of anilines is 1. The molecular formula is C23H21ClN2O3. The van der Waals surface area contributed by atoms with Gasteiger partial charge in [-0.25, -0.2) is 0 Å². The van der Waals surface area contributed by atoms with E-state index < -0.39 is 6.04 Å². The van der Waals surface area contributed by atoms with Crippen LogP contribution in [0.1, 0.15) is 22.7 Å². The van der Waals surface area contributed by atoms with Crippen molar-refractivity contribution in [2.45, 2.75) is 19.5 Å². The van der Waals surface area contributed by atoms with Crippen molar-refractivity contribution >= 4 is 23.2 Å². The third-order valence-corrected chi connectivity index (χ3v) is 5.19. The van der Waals surface area contributed by atoms with E-state index in [9.17, 15) is 4.79 Å². The Bertz CT molecular complexity index is 1020. The zero-order valence-electron chi connectivity index (χ0n) is 15.9. The Kier molecular flexibility index (Phi) is 5.69. The van der Waals surface area contributed by atoms with Gasteiger partial charge < -0.3 is 14.8 Å². The van der Waals surface area contributed by atoms with Gasteiger partial charge in [0.15, 0.2) is 11.5 Å². The number of carbonyl (C=O) groups is 1. The molecule has 0 spiro atoms. The lowest BCUT2D eigenvalue weighted by Crippen LogP contribution is -2.32. The molecule has 0 saturated carbocycles. The molecule has 1 heterocycles. The number of hydrogen-bond acceptors (Lipinski definition) is 4. The zero-order valence-corrected chi connectivity index (χ0v) is 16.7. The lowest BCUT2D eigenvalue weighted by atomic mass is 10.1. The number of halogens is 1. The molecule has 0 radical (unpaired) electrons. The van der Waals surface area contributed by atoms with Crippen molar-refractivity contribution in [3.05, 3.63) is 88.4 Å². The highest BCUT2D eigenvalue weighted by molar-refractivity contribution is 6.31. The molecule has 5 nitrogen and oxygen atoms in total. The Hall–Kier alpha value is -3.02. The van der Waals surface area contributed by atoms with Crippen LogP contribution in [0.5, 0.6) is 11.5 Å². The van der Waals surface area contributed by atoms with Crippen LogP contribution >= 0.6 is 11.6 Å². The Morgan fingerprint density at radius 2 is 1.83 bits per heavy atom. The van der Waals surface area contributed by atoms with Crippen LogP contribution in [-0.4, -0.2) is 12.7 Å². The van der Waals surface area contributed by atoms with Gasteiger partial charge in [0.2, 0.25) is 12.7 Å². The van der Waals surface area contributed by atoms with Crippen LogP contribution in [0.2, 0.25) is 5.02 Å². The summed E-state index contributed by atoms with van der Waals surface area (Å²) in [5.41, 5.74) is 3.51. The highest BCUT2D eigenvalue weighted by Crippen LogP contribution is 2.32. The average Bonchev–Trinajstić information content (AvgIpc) is 3.20. The van der Waals surface area contributed by atoms with E-state index in [1.165, 1.54) is 0 Å². The van der Waals surface area contributed by atoms with Gasteiger partial charge >= 0.3 is 0 Å². The van der Waals surface area contributed by atoms with Gasteiger partial charge in [0.05, 0.1) is 0 Å². The van der Waals surface area contributed by atoms with Crippen LogP contribution in [-0.2, 0) is 11.3 Å². The average molecular weight is 409 g/mol. The molecule has 3 aromatic rings. The van der Waals surface area contributed by atoms with Crippen LogP contribution < -0.4 is 20.1 Å². The van der Waals surface area contributed by atoms with E-state index >= 15 is 0 Å². The molecule has 0 unspecified atom stereocenters. The Morgan fingerprint density at radius 3 is 2.62 bits per heavy atom. The first-order valence-corrected chi connectivity index (χ1v) is 9.72. The molecule has 2 N–H and O–H groups in total. The van der Waals surface area contributed by atoms with E-state index in [1.54, 1.807) is 6.07 Å². The molecule has 1 atom stereocenters. The first-order valence-electron chi connectivity index (χ1n) is 9.34. The van der Waals surface area contributed by atoms with E-state index in [-0.39, 0.29) is 12.7 Å². The van der Waals surface area contributed by atoms with Crippen molar-refractivity contribution < 1.29 is 14.3 Å².